The van der Waals surface area contributed by atoms with Gasteiger partial charge in [-0.2, -0.15) is 0 Å². The smallest absolute Gasteiger partial charge is 0.258 e. The van der Waals surface area contributed by atoms with Gasteiger partial charge in [0, 0.05) is 12.1 Å². The summed E-state index contributed by atoms with van der Waals surface area (Å²) in [5.74, 6) is 0.108. The third kappa shape index (κ3) is 3.89. The number of nitrogens with one attached hydrogen (secondary N) is 1. The molecule has 0 aliphatic carbocycles. The number of nitro benzene ring substituents is 1. The highest BCUT2D eigenvalue weighted by molar-refractivity contribution is 7.89. The van der Waals surface area contributed by atoms with Gasteiger partial charge in [0.2, 0.25) is 10.0 Å². The van der Waals surface area contributed by atoms with E-state index in [4.69, 9.17) is 11.6 Å². The Hall–Kier alpha value is -1.18. The van der Waals surface area contributed by atoms with E-state index < -0.39 is 20.6 Å². The minimum Gasteiger partial charge on any atom is -0.258 e. The van der Waals surface area contributed by atoms with Crippen LogP contribution in [0.4, 0.5) is 5.69 Å². The molecule has 0 aliphatic rings. The first kappa shape index (κ1) is 15.9. The first-order valence-corrected chi connectivity index (χ1v) is 7.47. The second kappa shape index (κ2) is 5.85. The Morgan fingerprint density at radius 3 is 2.37 bits per heavy atom. The number of benzene rings is 1. The summed E-state index contributed by atoms with van der Waals surface area (Å²) in [5, 5.41) is 10.6. The quantitative estimate of drug-likeness (QED) is 0.668. The van der Waals surface area contributed by atoms with Crippen LogP contribution >= 0.6 is 11.6 Å². The van der Waals surface area contributed by atoms with Crippen LogP contribution in [0, 0.1) is 16.0 Å². The van der Waals surface area contributed by atoms with Gasteiger partial charge in [-0.15, -0.1) is 0 Å². The standard InChI is InChI=1S/C11H15ClN2O4S/c1-7(2)8(3)13-19(17,18)9-4-5-10(12)11(6-9)14(15)16/h4-8,13H,1-3H3/t8-/m0/s1. The van der Waals surface area contributed by atoms with Crippen LogP contribution in [0.25, 0.3) is 0 Å². The van der Waals surface area contributed by atoms with Gasteiger partial charge in [-0.3, -0.25) is 10.1 Å². The van der Waals surface area contributed by atoms with E-state index in [0.29, 0.717) is 0 Å². The molecule has 0 saturated carbocycles. The van der Waals surface area contributed by atoms with Gasteiger partial charge in [-0.05, 0) is 25.0 Å². The SMILES string of the molecule is CC(C)[C@H](C)NS(=O)(=O)c1ccc(Cl)c([N+](=O)[O-])c1. The summed E-state index contributed by atoms with van der Waals surface area (Å²) in [4.78, 5) is 9.85. The van der Waals surface area contributed by atoms with Crippen molar-refractivity contribution in [2.75, 3.05) is 0 Å². The lowest BCUT2D eigenvalue weighted by molar-refractivity contribution is -0.384. The van der Waals surface area contributed by atoms with Gasteiger partial charge in [-0.25, -0.2) is 13.1 Å². The van der Waals surface area contributed by atoms with Crippen LogP contribution in [0.15, 0.2) is 23.1 Å². The van der Waals surface area contributed by atoms with Gasteiger partial charge in [-0.1, -0.05) is 25.4 Å². The molecule has 0 radical (unpaired) electrons. The molecule has 1 rings (SSSR count). The lowest BCUT2D eigenvalue weighted by atomic mass is 10.1. The Labute approximate surface area is 117 Å². The topological polar surface area (TPSA) is 89.3 Å². The summed E-state index contributed by atoms with van der Waals surface area (Å²) < 4.78 is 26.6. The van der Waals surface area contributed by atoms with E-state index in [1.807, 2.05) is 13.8 Å². The summed E-state index contributed by atoms with van der Waals surface area (Å²) in [5.41, 5.74) is -0.429. The van der Waals surface area contributed by atoms with Crippen LogP contribution in [-0.2, 0) is 10.0 Å². The van der Waals surface area contributed by atoms with Gasteiger partial charge in [0.15, 0.2) is 0 Å². The number of hydrogen-bond donors (Lipinski definition) is 1. The fourth-order valence-electron chi connectivity index (χ4n) is 1.25. The molecule has 6 nitrogen and oxygen atoms in total. The van der Waals surface area contributed by atoms with Crippen LogP contribution in [0.1, 0.15) is 20.8 Å². The Balaban J connectivity index is 3.16. The van der Waals surface area contributed by atoms with Crippen molar-refractivity contribution in [1.29, 1.82) is 0 Å². The Kier molecular flexibility index (Phi) is 4.89. The Bertz CT molecular complexity index is 586. The second-order valence-corrected chi connectivity index (χ2v) is 6.65. The third-order valence-corrected chi connectivity index (χ3v) is 4.64. The molecule has 0 spiro atoms. The van der Waals surface area contributed by atoms with Gasteiger partial charge >= 0.3 is 0 Å². The lowest BCUT2D eigenvalue weighted by Crippen LogP contribution is -2.36. The van der Waals surface area contributed by atoms with Crippen molar-refractivity contribution in [2.24, 2.45) is 5.92 Å². The van der Waals surface area contributed by atoms with E-state index in [9.17, 15) is 18.5 Å². The molecule has 8 heteroatoms. The molecule has 1 atom stereocenters. The van der Waals surface area contributed by atoms with Crippen molar-refractivity contribution in [3.63, 3.8) is 0 Å². The van der Waals surface area contributed by atoms with E-state index in [0.717, 1.165) is 6.07 Å². The molecule has 1 aromatic carbocycles. The molecule has 106 valence electrons. The van der Waals surface area contributed by atoms with E-state index in [-0.39, 0.29) is 21.9 Å². The third-order valence-electron chi connectivity index (χ3n) is 2.77. The number of sulfonamides is 1. The minimum absolute atomic E-state index is 0.0964. The summed E-state index contributed by atoms with van der Waals surface area (Å²) >= 11 is 5.64. The van der Waals surface area contributed by atoms with Gasteiger partial charge in [0.05, 0.1) is 9.82 Å². The van der Waals surface area contributed by atoms with Crippen LogP contribution in [-0.4, -0.2) is 19.4 Å². The van der Waals surface area contributed by atoms with Gasteiger partial charge < -0.3 is 0 Å². The van der Waals surface area contributed by atoms with Crippen molar-refractivity contribution in [3.05, 3.63) is 33.3 Å². The normalized spacial score (nSPS) is 13.5. The molecule has 0 aliphatic heterocycles. The molecule has 0 amide bonds. The molecule has 0 aromatic heterocycles. The highest BCUT2D eigenvalue weighted by Gasteiger charge is 2.23. The molecule has 0 heterocycles. The molecule has 0 fully saturated rings. The van der Waals surface area contributed by atoms with Crippen molar-refractivity contribution in [1.82, 2.24) is 4.72 Å². The van der Waals surface area contributed by atoms with E-state index in [1.54, 1.807) is 6.92 Å². The average molecular weight is 307 g/mol. The van der Waals surface area contributed by atoms with Crippen molar-refractivity contribution < 1.29 is 13.3 Å². The van der Waals surface area contributed by atoms with Crippen molar-refractivity contribution in [2.45, 2.75) is 31.7 Å². The number of halogens is 1. The number of hydrogen-bond acceptors (Lipinski definition) is 4. The van der Waals surface area contributed by atoms with E-state index in [2.05, 4.69) is 4.72 Å². The Morgan fingerprint density at radius 2 is 1.89 bits per heavy atom. The average Bonchev–Trinajstić information content (AvgIpc) is 2.27. The summed E-state index contributed by atoms with van der Waals surface area (Å²) in [6.07, 6.45) is 0. The number of nitrogens with zero attached hydrogens (tertiary/aromatic N) is 1. The van der Waals surface area contributed by atoms with Gasteiger partial charge in [0.25, 0.3) is 5.69 Å². The Morgan fingerprint density at radius 1 is 1.32 bits per heavy atom. The monoisotopic (exact) mass is 306 g/mol. The number of rotatable bonds is 5. The van der Waals surface area contributed by atoms with Gasteiger partial charge in [0.1, 0.15) is 5.02 Å². The van der Waals surface area contributed by atoms with Crippen LogP contribution < -0.4 is 4.72 Å². The highest BCUT2D eigenvalue weighted by atomic mass is 35.5. The molecule has 0 bridgehead atoms. The molecular weight excluding hydrogens is 292 g/mol. The first-order valence-electron chi connectivity index (χ1n) is 5.61. The van der Waals surface area contributed by atoms with E-state index in [1.165, 1.54) is 12.1 Å². The maximum atomic E-state index is 12.1. The molecule has 1 N–H and O–H groups in total. The second-order valence-electron chi connectivity index (χ2n) is 4.52. The van der Waals surface area contributed by atoms with Crippen LogP contribution in [0.3, 0.4) is 0 Å². The van der Waals surface area contributed by atoms with E-state index >= 15 is 0 Å². The fraction of sp³-hybridized carbons (Fsp3) is 0.455. The minimum atomic E-state index is -3.79. The zero-order chi connectivity index (χ0) is 14.8. The van der Waals surface area contributed by atoms with Crippen LogP contribution in [0.2, 0.25) is 5.02 Å². The first-order chi connectivity index (χ1) is 8.65. The fourth-order valence-corrected chi connectivity index (χ4v) is 2.85. The van der Waals surface area contributed by atoms with Crippen molar-refractivity contribution >= 4 is 27.3 Å². The molecule has 0 unspecified atom stereocenters. The lowest BCUT2D eigenvalue weighted by Gasteiger charge is -2.17. The summed E-state index contributed by atoms with van der Waals surface area (Å²) in [6.45, 7) is 5.47. The molecule has 1 aromatic rings. The largest absolute Gasteiger partial charge is 0.289 e. The molecule has 19 heavy (non-hydrogen) atoms. The maximum Gasteiger partial charge on any atom is 0.289 e. The predicted octanol–water partition coefficient (Wildman–Crippen LogP) is 2.57. The zero-order valence-electron chi connectivity index (χ0n) is 10.8. The van der Waals surface area contributed by atoms with Crippen LogP contribution in [0.5, 0.6) is 0 Å². The van der Waals surface area contributed by atoms with Crippen molar-refractivity contribution in [3.8, 4) is 0 Å². The predicted molar refractivity (Wildman–Crippen MR) is 72.7 cm³/mol. The zero-order valence-corrected chi connectivity index (χ0v) is 12.3. The molecule has 0 saturated heterocycles. The summed E-state index contributed by atoms with van der Waals surface area (Å²) in [7, 11) is -3.79. The number of nitro groups is 1. The summed E-state index contributed by atoms with van der Waals surface area (Å²) in [6, 6.07) is 3.12. The maximum absolute atomic E-state index is 12.1. The molecular formula is C11H15ClN2O4S. The highest BCUT2D eigenvalue weighted by Crippen LogP contribution is 2.27.